The number of rotatable bonds is 3. The number of ether oxygens (including phenoxy) is 1. The van der Waals surface area contributed by atoms with Crippen molar-refractivity contribution in [3.63, 3.8) is 0 Å². The fourth-order valence-electron chi connectivity index (χ4n) is 2.36. The molecule has 0 fully saturated rings. The fourth-order valence-corrected chi connectivity index (χ4v) is 3.30. The fraction of sp³-hybridized carbons (Fsp3) is 0.133. The van der Waals surface area contributed by atoms with Crippen molar-refractivity contribution in [2.45, 2.75) is 6.04 Å². The van der Waals surface area contributed by atoms with Crippen molar-refractivity contribution in [2.24, 2.45) is 5.73 Å². The molecular weight excluding hydrogens is 336 g/mol. The van der Waals surface area contributed by atoms with E-state index < -0.39 is 0 Å². The first kappa shape index (κ1) is 13.4. The lowest BCUT2D eigenvalue weighted by Crippen LogP contribution is -2.17. The second-order valence-electron chi connectivity index (χ2n) is 4.57. The number of fused-ring (bicyclic) bond motifs is 1. The predicted octanol–water partition coefficient (Wildman–Crippen LogP) is 3.63. The van der Waals surface area contributed by atoms with Gasteiger partial charge in [0.05, 0.1) is 6.04 Å². The molecule has 0 aliphatic carbocycles. The van der Waals surface area contributed by atoms with E-state index in [9.17, 15) is 0 Å². The highest BCUT2D eigenvalue weighted by Crippen LogP contribution is 2.35. The van der Waals surface area contributed by atoms with Gasteiger partial charge in [-0.05, 0) is 34.1 Å². The maximum absolute atomic E-state index is 5.81. The van der Waals surface area contributed by atoms with Crippen LogP contribution < -0.4 is 15.8 Å². The summed E-state index contributed by atoms with van der Waals surface area (Å²) in [5.41, 5.74) is 8.71. The lowest BCUT2D eigenvalue weighted by molar-refractivity contribution is 0.340. The van der Waals surface area contributed by atoms with Gasteiger partial charge in [0.1, 0.15) is 17.3 Å². The Morgan fingerprint density at radius 3 is 2.85 bits per heavy atom. The van der Waals surface area contributed by atoms with Crippen LogP contribution in [0.4, 0.5) is 5.69 Å². The molecule has 1 heterocycles. The Hall–Kier alpha value is -1.59. The van der Waals surface area contributed by atoms with Gasteiger partial charge in [-0.1, -0.05) is 36.5 Å². The van der Waals surface area contributed by atoms with E-state index in [4.69, 9.17) is 22.7 Å². The van der Waals surface area contributed by atoms with Gasteiger partial charge >= 0.3 is 0 Å². The number of anilines is 1. The lowest BCUT2D eigenvalue weighted by Gasteiger charge is -2.17. The van der Waals surface area contributed by atoms with Gasteiger partial charge in [0.25, 0.3) is 0 Å². The summed E-state index contributed by atoms with van der Waals surface area (Å²) in [6.07, 6.45) is 0. The molecule has 0 spiro atoms. The van der Waals surface area contributed by atoms with E-state index in [1.807, 2.05) is 36.4 Å². The van der Waals surface area contributed by atoms with Crippen LogP contribution in [0.5, 0.6) is 5.75 Å². The Kier molecular flexibility index (Phi) is 3.63. The third-order valence-corrected chi connectivity index (χ3v) is 4.15. The number of halogens is 1. The van der Waals surface area contributed by atoms with Gasteiger partial charge in [0, 0.05) is 21.3 Å². The molecule has 1 aliphatic heterocycles. The molecule has 3 rings (SSSR count). The van der Waals surface area contributed by atoms with Crippen molar-refractivity contribution in [3.05, 3.63) is 58.1 Å². The van der Waals surface area contributed by atoms with E-state index in [-0.39, 0.29) is 6.04 Å². The lowest BCUT2D eigenvalue weighted by atomic mass is 10.1. The molecule has 0 radical (unpaired) electrons. The number of nitrogens with two attached hydrogens (primary N) is 1. The van der Waals surface area contributed by atoms with Gasteiger partial charge in [0.2, 0.25) is 0 Å². The van der Waals surface area contributed by atoms with Gasteiger partial charge in [-0.3, -0.25) is 0 Å². The first-order chi connectivity index (χ1) is 9.66. The monoisotopic (exact) mass is 348 g/mol. The normalized spacial score (nSPS) is 16.4. The molecule has 0 amide bonds. The van der Waals surface area contributed by atoms with Crippen molar-refractivity contribution >= 4 is 38.8 Å². The highest BCUT2D eigenvalue weighted by Gasteiger charge is 2.24. The molecule has 3 N–H and O–H groups in total. The molecule has 1 unspecified atom stereocenters. The van der Waals surface area contributed by atoms with Crippen LogP contribution in [-0.4, -0.2) is 11.6 Å². The van der Waals surface area contributed by atoms with Crippen molar-refractivity contribution in [2.75, 3.05) is 11.9 Å². The molecule has 0 saturated carbocycles. The van der Waals surface area contributed by atoms with Crippen molar-refractivity contribution in [1.29, 1.82) is 0 Å². The number of hydrogen-bond donors (Lipinski definition) is 2. The average molecular weight is 349 g/mol. The molecule has 1 atom stereocenters. The zero-order valence-corrected chi connectivity index (χ0v) is 13.0. The average Bonchev–Trinajstić information content (AvgIpc) is 2.82. The third kappa shape index (κ3) is 2.39. The Morgan fingerprint density at radius 1 is 1.25 bits per heavy atom. The summed E-state index contributed by atoms with van der Waals surface area (Å²) in [5, 5.41) is 3.47. The highest BCUT2D eigenvalue weighted by molar-refractivity contribution is 9.10. The molecule has 20 heavy (non-hydrogen) atoms. The molecular formula is C15H13BrN2OS. The van der Waals surface area contributed by atoms with Crippen LogP contribution in [0.1, 0.15) is 17.2 Å². The van der Waals surface area contributed by atoms with E-state index in [0.717, 1.165) is 27.0 Å². The Bertz CT molecular complexity index is 675. The van der Waals surface area contributed by atoms with Crippen molar-refractivity contribution in [1.82, 2.24) is 0 Å². The van der Waals surface area contributed by atoms with Crippen LogP contribution in [0.2, 0.25) is 0 Å². The van der Waals surface area contributed by atoms with E-state index in [1.54, 1.807) is 0 Å². The Morgan fingerprint density at radius 2 is 2.05 bits per heavy atom. The summed E-state index contributed by atoms with van der Waals surface area (Å²) in [6, 6.07) is 14.0. The van der Waals surface area contributed by atoms with E-state index in [2.05, 4.69) is 27.3 Å². The SMILES string of the molecule is NC(=S)c1c(Br)cccc1NC1COc2ccccc21. The molecule has 0 bridgehead atoms. The second kappa shape index (κ2) is 5.42. The first-order valence-electron chi connectivity index (χ1n) is 6.23. The van der Waals surface area contributed by atoms with Crippen LogP contribution in [0.25, 0.3) is 0 Å². The minimum atomic E-state index is 0.105. The minimum Gasteiger partial charge on any atom is -0.491 e. The largest absolute Gasteiger partial charge is 0.491 e. The standard InChI is InChI=1S/C15H13BrN2OS/c16-10-5-3-6-11(14(10)15(17)20)18-12-8-19-13-7-2-1-4-9(12)13/h1-7,12,18H,8H2,(H2,17,20). The van der Waals surface area contributed by atoms with Gasteiger partial charge < -0.3 is 15.8 Å². The summed E-state index contributed by atoms with van der Waals surface area (Å²) >= 11 is 8.62. The van der Waals surface area contributed by atoms with Crippen LogP contribution in [0.15, 0.2) is 46.9 Å². The maximum atomic E-state index is 5.81. The van der Waals surface area contributed by atoms with E-state index >= 15 is 0 Å². The molecule has 0 aromatic heterocycles. The van der Waals surface area contributed by atoms with E-state index in [1.165, 1.54) is 0 Å². The molecule has 2 aromatic carbocycles. The zero-order valence-electron chi connectivity index (χ0n) is 10.6. The zero-order chi connectivity index (χ0) is 14.1. The van der Waals surface area contributed by atoms with Gasteiger partial charge in [-0.25, -0.2) is 0 Å². The summed E-state index contributed by atoms with van der Waals surface area (Å²) in [7, 11) is 0. The van der Waals surface area contributed by atoms with Crippen molar-refractivity contribution in [3.8, 4) is 5.75 Å². The third-order valence-electron chi connectivity index (χ3n) is 3.29. The highest BCUT2D eigenvalue weighted by atomic mass is 79.9. The van der Waals surface area contributed by atoms with E-state index in [0.29, 0.717) is 11.6 Å². The molecule has 0 saturated heterocycles. The summed E-state index contributed by atoms with van der Waals surface area (Å²) in [6.45, 7) is 0.600. The van der Waals surface area contributed by atoms with Crippen LogP contribution in [0.3, 0.4) is 0 Å². The Balaban J connectivity index is 1.94. The number of para-hydroxylation sites is 1. The predicted molar refractivity (Wildman–Crippen MR) is 88.3 cm³/mol. The number of thiocarbonyl (C=S) groups is 1. The molecule has 3 nitrogen and oxygen atoms in total. The van der Waals surface area contributed by atoms with Crippen LogP contribution >= 0.6 is 28.1 Å². The smallest absolute Gasteiger partial charge is 0.124 e. The molecule has 102 valence electrons. The molecule has 1 aliphatic rings. The quantitative estimate of drug-likeness (QED) is 0.831. The topological polar surface area (TPSA) is 47.3 Å². The first-order valence-corrected chi connectivity index (χ1v) is 7.43. The Labute approximate surface area is 131 Å². The summed E-state index contributed by atoms with van der Waals surface area (Å²) in [4.78, 5) is 0.368. The number of hydrogen-bond acceptors (Lipinski definition) is 3. The van der Waals surface area contributed by atoms with Crippen LogP contribution in [-0.2, 0) is 0 Å². The summed E-state index contributed by atoms with van der Waals surface area (Å²) in [5.74, 6) is 0.928. The maximum Gasteiger partial charge on any atom is 0.124 e. The van der Waals surface area contributed by atoms with Gasteiger partial charge in [-0.2, -0.15) is 0 Å². The van der Waals surface area contributed by atoms with Crippen LogP contribution in [0, 0.1) is 0 Å². The summed E-state index contributed by atoms with van der Waals surface area (Å²) < 4.78 is 6.57. The molecule has 2 aromatic rings. The molecule has 5 heteroatoms. The van der Waals surface area contributed by atoms with Crippen molar-refractivity contribution < 1.29 is 4.74 Å². The number of benzene rings is 2. The second-order valence-corrected chi connectivity index (χ2v) is 5.87. The van der Waals surface area contributed by atoms with Gasteiger partial charge in [0.15, 0.2) is 0 Å². The minimum absolute atomic E-state index is 0.105. The van der Waals surface area contributed by atoms with Gasteiger partial charge in [-0.15, -0.1) is 0 Å². The number of nitrogens with one attached hydrogen (secondary N) is 1.